The number of nitrogens with one attached hydrogen (secondary N) is 2. The molecule has 2 atom stereocenters. The van der Waals surface area contributed by atoms with E-state index in [9.17, 15) is 9.59 Å². The van der Waals surface area contributed by atoms with Crippen LogP contribution in [0.2, 0.25) is 0 Å². The molecular formula is C18H25N3O2. The number of piperidine rings is 1. The number of carbonyl (C=O) groups is 2. The number of likely N-dealkylation sites (tertiary alicyclic amines) is 1. The van der Waals surface area contributed by atoms with E-state index in [2.05, 4.69) is 22.5 Å². The highest BCUT2D eigenvalue weighted by molar-refractivity contribution is 5.92. The standard InChI is InChI=1S/C18H25N3O2/c1-13-11-16(13)18(23)20-15-7-9-21(10-8-15)12-17(22)19-14-5-3-2-4-6-14/h2-6,13,15-16H,7-12H2,1H3,(H,19,22)(H,20,23)/t13-,16+/m0/s1. The summed E-state index contributed by atoms with van der Waals surface area (Å²) < 4.78 is 0. The maximum Gasteiger partial charge on any atom is 0.238 e. The third kappa shape index (κ3) is 4.55. The number of carbonyl (C=O) groups excluding carboxylic acids is 2. The first-order valence-electron chi connectivity index (χ1n) is 8.49. The zero-order chi connectivity index (χ0) is 16.2. The second kappa shape index (κ2) is 7.13. The molecule has 0 bridgehead atoms. The van der Waals surface area contributed by atoms with Crippen LogP contribution in [0.1, 0.15) is 26.2 Å². The van der Waals surface area contributed by atoms with Crippen molar-refractivity contribution >= 4 is 17.5 Å². The van der Waals surface area contributed by atoms with Crippen LogP contribution in [0.25, 0.3) is 0 Å². The van der Waals surface area contributed by atoms with E-state index in [0.29, 0.717) is 12.5 Å². The minimum atomic E-state index is 0.0190. The minimum absolute atomic E-state index is 0.0190. The molecule has 0 radical (unpaired) electrons. The Balaban J connectivity index is 1.37. The quantitative estimate of drug-likeness (QED) is 0.872. The second-order valence-corrected chi connectivity index (χ2v) is 6.79. The van der Waals surface area contributed by atoms with Crippen LogP contribution in [0.3, 0.4) is 0 Å². The molecule has 0 spiro atoms. The van der Waals surface area contributed by atoms with Gasteiger partial charge in [0.05, 0.1) is 6.54 Å². The number of rotatable bonds is 5. The fraction of sp³-hybridized carbons (Fsp3) is 0.556. The van der Waals surface area contributed by atoms with Crippen molar-refractivity contribution in [2.45, 2.75) is 32.2 Å². The average Bonchev–Trinajstić information content (AvgIpc) is 3.27. The SMILES string of the molecule is C[C@H]1C[C@H]1C(=O)NC1CCN(CC(=O)Nc2ccccc2)CC1. The summed E-state index contributed by atoms with van der Waals surface area (Å²) in [6, 6.07) is 9.78. The van der Waals surface area contributed by atoms with Crippen LogP contribution in [-0.2, 0) is 9.59 Å². The van der Waals surface area contributed by atoms with Crippen molar-refractivity contribution in [2.24, 2.45) is 11.8 Å². The second-order valence-electron chi connectivity index (χ2n) is 6.79. The summed E-state index contributed by atoms with van der Waals surface area (Å²) in [6.45, 7) is 4.24. The van der Waals surface area contributed by atoms with Gasteiger partial charge in [-0.05, 0) is 37.3 Å². The van der Waals surface area contributed by atoms with Crippen molar-refractivity contribution in [2.75, 3.05) is 25.0 Å². The molecule has 2 amide bonds. The van der Waals surface area contributed by atoms with Crippen LogP contribution in [0.4, 0.5) is 5.69 Å². The highest BCUT2D eigenvalue weighted by Gasteiger charge is 2.39. The van der Waals surface area contributed by atoms with Crippen LogP contribution < -0.4 is 10.6 Å². The number of nitrogens with zero attached hydrogens (tertiary/aromatic N) is 1. The summed E-state index contributed by atoms with van der Waals surface area (Å²) in [5.74, 6) is 1.03. The lowest BCUT2D eigenvalue weighted by Crippen LogP contribution is -2.47. The molecular weight excluding hydrogens is 290 g/mol. The molecule has 1 saturated heterocycles. The summed E-state index contributed by atoms with van der Waals surface area (Å²) in [7, 11) is 0. The van der Waals surface area contributed by atoms with Gasteiger partial charge < -0.3 is 10.6 Å². The third-order valence-electron chi connectivity index (χ3n) is 4.80. The summed E-state index contributed by atoms with van der Waals surface area (Å²) >= 11 is 0. The molecule has 1 heterocycles. The van der Waals surface area contributed by atoms with Crippen molar-refractivity contribution in [1.82, 2.24) is 10.2 Å². The van der Waals surface area contributed by atoms with E-state index < -0.39 is 0 Å². The molecule has 1 aromatic rings. The number of benzene rings is 1. The van der Waals surface area contributed by atoms with E-state index in [1.165, 1.54) is 0 Å². The average molecular weight is 315 g/mol. The Morgan fingerprint density at radius 2 is 1.83 bits per heavy atom. The van der Waals surface area contributed by atoms with Crippen molar-refractivity contribution in [3.05, 3.63) is 30.3 Å². The molecule has 124 valence electrons. The van der Waals surface area contributed by atoms with E-state index in [1.807, 2.05) is 30.3 Å². The Hall–Kier alpha value is -1.88. The van der Waals surface area contributed by atoms with Gasteiger partial charge in [-0.1, -0.05) is 25.1 Å². The maximum absolute atomic E-state index is 12.1. The molecule has 0 unspecified atom stereocenters. The number of para-hydroxylation sites is 1. The predicted octanol–water partition coefficient (Wildman–Crippen LogP) is 1.86. The molecule has 2 N–H and O–H groups in total. The molecule has 1 aromatic carbocycles. The van der Waals surface area contributed by atoms with E-state index in [4.69, 9.17) is 0 Å². The zero-order valence-corrected chi connectivity index (χ0v) is 13.6. The monoisotopic (exact) mass is 315 g/mol. The van der Waals surface area contributed by atoms with Gasteiger partial charge in [-0.3, -0.25) is 14.5 Å². The van der Waals surface area contributed by atoms with Crippen molar-refractivity contribution in [3.63, 3.8) is 0 Å². The fourth-order valence-electron chi connectivity index (χ4n) is 3.16. The molecule has 1 aliphatic heterocycles. The largest absolute Gasteiger partial charge is 0.353 e. The molecule has 2 fully saturated rings. The number of hydrogen-bond acceptors (Lipinski definition) is 3. The third-order valence-corrected chi connectivity index (χ3v) is 4.80. The van der Waals surface area contributed by atoms with Crippen molar-refractivity contribution in [3.8, 4) is 0 Å². The van der Waals surface area contributed by atoms with Gasteiger partial charge in [-0.15, -0.1) is 0 Å². The topological polar surface area (TPSA) is 61.4 Å². The van der Waals surface area contributed by atoms with Gasteiger partial charge in [0.25, 0.3) is 0 Å². The summed E-state index contributed by atoms with van der Waals surface area (Å²) in [5, 5.41) is 6.07. The molecule has 5 heteroatoms. The highest BCUT2D eigenvalue weighted by atomic mass is 16.2. The van der Waals surface area contributed by atoms with Gasteiger partial charge >= 0.3 is 0 Å². The lowest BCUT2D eigenvalue weighted by Gasteiger charge is -2.31. The van der Waals surface area contributed by atoms with Crippen LogP contribution in [0, 0.1) is 11.8 Å². The van der Waals surface area contributed by atoms with Gasteiger partial charge in [0.15, 0.2) is 0 Å². The Morgan fingerprint density at radius 3 is 2.43 bits per heavy atom. The Morgan fingerprint density at radius 1 is 1.17 bits per heavy atom. The number of anilines is 1. The number of hydrogen-bond donors (Lipinski definition) is 2. The maximum atomic E-state index is 12.1. The summed E-state index contributed by atoms with van der Waals surface area (Å²) in [5.41, 5.74) is 0.832. The van der Waals surface area contributed by atoms with Gasteiger partial charge in [0, 0.05) is 30.7 Å². The number of amides is 2. The van der Waals surface area contributed by atoms with Crippen molar-refractivity contribution < 1.29 is 9.59 Å². The lowest BCUT2D eigenvalue weighted by atomic mass is 10.0. The zero-order valence-electron chi connectivity index (χ0n) is 13.6. The first-order valence-corrected chi connectivity index (χ1v) is 8.49. The van der Waals surface area contributed by atoms with E-state index in [1.54, 1.807) is 0 Å². The summed E-state index contributed by atoms with van der Waals surface area (Å²) in [6.07, 6.45) is 2.88. The molecule has 1 saturated carbocycles. The van der Waals surface area contributed by atoms with E-state index >= 15 is 0 Å². The molecule has 23 heavy (non-hydrogen) atoms. The van der Waals surface area contributed by atoms with Gasteiger partial charge in [-0.2, -0.15) is 0 Å². The fourth-order valence-corrected chi connectivity index (χ4v) is 3.16. The molecule has 3 rings (SSSR count). The van der Waals surface area contributed by atoms with Crippen LogP contribution in [0.15, 0.2) is 30.3 Å². The normalized spacial score (nSPS) is 24.9. The molecule has 2 aliphatic rings. The van der Waals surface area contributed by atoms with Gasteiger partial charge in [-0.25, -0.2) is 0 Å². The van der Waals surface area contributed by atoms with Crippen LogP contribution >= 0.6 is 0 Å². The predicted molar refractivity (Wildman–Crippen MR) is 89.9 cm³/mol. The first-order chi connectivity index (χ1) is 11.1. The van der Waals surface area contributed by atoms with E-state index in [-0.39, 0.29) is 23.8 Å². The Labute approximate surface area is 137 Å². The first kappa shape index (κ1) is 16.0. The highest BCUT2D eigenvalue weighted by Crippen LogP contribution is 2.37. The molecule has 1 aliphatic carbocycles. The van der Waals surface area contributed by atoms with Crippen LogP contribution in [0.5, 0.6) is 0 Å². The molecule has 5 nitrogen and oxygen atoms in total. The van der Waals surface area contributed by atoms with Crippen LogP contribution in [-0.4, -0.2) is 42.4 Å². The van der Waals surface area contributed by atoms with Crippen molar-refractivity contribution in [1.29, 1.82) is 0 Å². The Kier molecular flexibility index (Phi) is 4.96. The van der Waals surface area contributed by atoms with Gasteiger partial charge in [0.2, 0.25) is 11.8 Å². The molecule has 0 aromatic heterocycles. The Bertz CT molecular complexity index is 553. The smallest absolute Gasteiger partial charge is 0.238 e. The lowest BCUT2D eigenvalue weighted by molar-refractivity contribution is -0.124. The van der Waals surface area contributed by atoms with E-state index in [0.717, 1.165) is 38.0 Å². The summed E-state index contributed by atoms with van der Waals surface area (Å²) in [4.78, 5) is 26.2. The van der Waals surface area contributed by atoms with Gasteiger partial charge in [0.1, 0.15) is 0 Å². The minimum Gasteiger partial charge on any atom is -0.353 e.